The van der Waals surface area contributed by atoms with E-state index in [-0.39, 0.29) is 12.5 Å². The van der Waals surface area contributed by atoms with E-state index in [1.54, 1.807) is 25.3 Å². The van der Waals surface area contributed by atoms with Crippen molar-refractivity contribution in [1.29, 1.82) is 0 Å². The predicted octanol–water partition coefficient (Wildman–Crippen LogP) is 5.39. The number of hydrogen-bond donors (Lipinski definition) is 1. The first-order chi connectivity index (χ1) is 14.2. The quantitative estimate of drug-likeness (QED) is 0.454. The Labute approximate surface area is 172 Å². The molecule has 29 heavy (non-hydrogen) atoms. The second-order valence-electron chi connectivity index (χ2n) is 6.33. The average Bonchev–Trinajstić information content (AvgIpc) is 3.17. The summed E-state index contributed by atoms with van der Waals surface area (Å²) >= 11 is 1.30. The molecule has 2 aromatic heterocycles. The van der Waals surface area contributed by atoms with Gasteiger partial charge in [0.2, 0.25) is 0 Å². The number of esters is 1. The van der Waals surface area contributed by atoms with E-state index in [0.717, 1.165) is 21.9 Å². The third-order valence-electron chi connectivity index (χ3n) is 4.48. The van der Waals surface area contributed by atoms with E-state index in [9.17, 15) is 9.59 Å². The molecule has 5 nitrogen and oxygen atoms in total. The third-order valence-corrected chi connectivity index (χ3v) is 5.38. The van der Waals surface area contributed by atoms with Crippen LogP contribution in [0.1, 0.15) is 27.6 Å². The van der Waals surface area contributed by atoms with Gasteiger partial charge >= 0.3 is 5.97 Å². The van der Waals surface area contributed by atoms with Crippen molar-refractivity contribution in [2.45, 2.75) is 6.92 Å². The second kappa shape index (κ2) is 8.24. The van der Waals surface area contributed by atoms with E-state index in [2.05, 4.69) is 10.3 Å². The number of aromatic nitrogens is 1. The summed E-state index contributed by atoms with van der Waals surface area (Å²) in [5.41, 5.74) is 2.41. The fourth-order valence-corrected chi connectivity index (χ4v) is 4.05. The van der Waals surface area contributed by atoms with Crippen LogP contribution in [0.15, 0.2) is 72.4 Å². The van der Waals surface area contributed by atoms with E-state index in [4.69, 9.17) is 4.74 Å². The number of anilines is 1. The maximum atomic E-state index is 12.7. The van der Waals surface area contributed by atoms with Gasteiger partial charge in [0.1, 0.15) is 10.6 Å². The Morgan fingerprint density at radius 2 is 1.90 bits per heavy atom. The van der Waals surface area contributed by atoms with Gasteiger partial charge < -0.3 is 10.1 Å². The zero-order valence-corrected chi connectivity index (χ0v) is 16.5. The van der Waals surface area contributed by atoms with E-state index in [1.165, 1.54) is 17.5 Å². The highest BCUT2D eigenvalue weighted by Crippen LogP contribution is 2.37. The number of hydrogen-bond acceptors (Lipinski definition) is 5. The Balaban J connectivity index is 1.75. The van der Waals surface area contributed by atoms with Crippen molar-refractivity contribution in [2.75, 3.05) is 11.9 Å². The Hall–Kier alpha value is -3.51. The van der Waals surface area contributed by atoms with Crippen LogP contribution in [0, 0.1) is 0 Å². The fraction of sp³-hybridized carbons (Fsp3) is 0.0870. The molecule has 0 atom stereocenters. The third kappa shape index (κ3) is 3.88. The minimum Gasteiger partial charge on any atom is -0.462 e. The monoisotopic (exact) mass is 402 g/mol. The highest BCUT2D eigenvalue weighted by atomic mass is 32.1. The molecule has 2 heterocycles. The lowest BCUT2D eigenvalue weighted by atomic mass is 10.00. The fourth-order valence-electron chi connectivity index (χ4n) is 3.10. The van der Waals surface area contributed by atoms with Crippen molar-refractivity contribution in [3.63, 3.8) is 0 Å². The van der Waals surface area contributed by atoms with E-state index in [1.807, 2.05) is 47.8 Å². The van der Waals surface area contributed by atoms with Gasteiger partial charge in [-0.15, -0.1) is 11.3 Å². The molecule has 0 aliphatic carbocycles. The van der Waals surface area contributed by atoms with Gasteiger partial charge in [0.25, 0.3) is 5.91 Å². The molecule has 0 saturated carbocycles. The number of amides is 1. The van der Waals surface area contributed by atoms with Gasteiger partial charge in [0.05, 0.1) is 12.2 Å². The highest BCUT2D eigenvalue weighted by Gasteiger charge is 2.23. The van der Waals surface area contributed by atoms with Crippen LogP contribution in [0.5, 0.6) is 0 Å². The molecule has 0 saturated heterocycles. The number of pyridine rings is 1. The first-order valence-corrected chi connectivity index (χ1v) is 10.0. The van der Waals surface area contributed by atoms with Crippen molar-refractivity contribution in [3.05, 3.63) is 83.5 Å². The lowest BCUT2D eigenvalue weighted by Gasteiger charge is -2.09. The normalized spacial score (nSPS) is 10.7. The van der Waals surface area contributed by atoms with E-state index < -0.39 is 5.97 Å². The van der Waals surface area contributed by atoms with Crippen LogP contribution in [0.3, 0.4) is 0 Å². The number of rotatable bonds is 5. The number of nitrogens with zero attached hydrogens (tertiary/aromatic N) is 1. The molecule has 4 aromatic rings. The maximum absolute atomic E-state index is 12.7. The molecule has 0 spiro atoms. The standard InChI is InChI=1S/C23H18N2O3S/c1-2-28-23(27)20-19(17-10-9-15-6-3-4-7-16(15)12-17)14-29-22(20)25-21(26)18-8-5-11-24-13-18/h3-14H,2H2,1H3,(H,25,26). The van der Waals surface area contributed by atoms with Gasteiger partial charge in [-0.2, -0.15) is 0 Å². The zero-order chi connectivity index (χ0) is 20.2. The highest BCUT2D eigenvalue weighted by molar-refractivity contribution is 7.15. The van der Waals surface area contributed by atoms with Crippen LogP contribution in [-0.4, -0.2) is 23.5 Å². The van der Waals surface area contributed by atoms with Gasteiger partial charge in [-0.3, -0.25) is 9.78 Å². The molecular formula is C23H18N2O3S. The largest absolute Gasteiger partial charge is 0.462 e. The summed E-state index contributed by atoms with van der Waals surface area (Å²) in [6.45, 7) is 2.01. The molecular weight excluding hydrogens is 384 g/mol. The van der Waals surface area contributed by atoms with Crippen LogP contribution in [0.2, 0.25) is 0 Å². The number of carbonyl (C=O) groups is 2. The minimum atomic E-state index is -0.460. The molecule has 0 unspecified atom stereocenters. The lowest BCUT2D eigenvalue weighted by Crippen LogP contribution is -2.15. The summed E-state index contributed by atoms with van der Waals surface area (Å²) in [7, 11) is 0. The van der Waals surface area contributed by atoms with Crippen molar-refractivity contribution in [1.82, 2.24) is 4.98 Å². The van der Waals surface area contributed by atoms with Gasteiger partial charge in [0.15, 0.2) is 0 Å². The van der Waals surface area contributed by atoms with Gasteiger partial charge in [0, 0.05) is 23.3 Å². The zero-order valence-electron chi connectivity index (χ0n) is 15.7. The second-order valence-corrected chi connectivity index (χ2v) is 7.21. The Bertz CT molecular complexity index is 1190. The van der Waals surface area contributed by atoms with Crippen molar-refractivity contribution in [2.24, 2.45) is 0 Å². The number of ether oxygens (including phenoxy) is 1. The molecule has 1 amide bonds. The van der Waals surface area contributed by atoms with Crippen molar-refractivity contribution < 1.29 is 14.3 Å². The summed E-state index contributed by atoms with van der Waals surface area (Å²) in [6, 6.07) is 17.4. The molecule has 0 aliphatic heterocycles. The number of nitrogens with one attached hydrogen (secondary N) is 1. The number of thiophene rings is 1. The Morgan fingerprint density at radius 3 is 2.66 bits per heavy atom. The number of fused-ring (bicyclic) bond motifs is 1. The van der Waals surface area contributed by atoms with Crippen LogP contribution in [-0.2, 0) is 4.74 Å². The maximum Gasteiger partial charge on any atom is 0.341 e. The Kier molecular flexibility index (Phi) is 5.35. The summed E-state index contributed by atoms with van der Waals surface area (Å²) in [6.07, 6.45) is 3.08. The van der Waals surface area contributed by atoms with Crippen LogP contribution in [0.25, 0.3) is 21.9 Å². The van der Waals surface area contributed by atoms with Gasteiger partial charge in [-0.25, -0.2) is 4.79 Å². The molecule has 1 N–H and O–H groups in total. The molecule has 2 aromatic carbocycles. The molecule has 4 rings (SSSR count). The van der Waals surface area contributed by atoms with Gasteiger partial charge in [-0.1, -0.05) is 36.4 Å². The van der Waals surface area contributed by atoms with E-state index >= 15 is 0 Å². The Morgan fingerprint density at radius 1 is 1.07 bits per heavy atom. The molecule has 144 valence electrons. The minimum absolute atomic E-state index is 0.252. The average molecular weight is 402 g/mol. The van der Waals surface area contributed by atoms with Crippen LogP contribution >= 0.6 is 11.3 Å². The molecule has 0 bridgehead atoms. The topological polar surface area (TPSA) is 68.3 Å². The number of benzene rings is 2. The van der Waals surface area contributed by atoms with Crippen LogP contribution < -0.4 is 5.32 Å². The van der Waals surface area contributed by atoms with Crippen molar-refractivity contribution >= 4 is 39.0 Å². The smallest absolute Gasteiger partial charge is 0.341 e. The molecule has 6 heteroatoms. The van der Waals surface area contributed by atoms with Crippen molar-refractivity contribution in [3.8, 4) is 11.1 Å². The predicted molar refractivity (Wildman–Crippen MR) is 115 cm³/mol. The first kappa shape index (κ1) is 18.8. The summed E-state index contributed by atoms with van der Waals surface area (Å²) in [5.74, 6) is -0.783. The lowest BCUT2D eigenvalue weighted by molar-refractivity contribution is 0.0529. The molecule has 0 aliphatic rings. The SMILES string of the molecule is CCOC(=O)c1c(-c2ccc3ccccc3c2)csc1NC(=O)c1cccnc1. The number of carbonyl (C=O) groups excluding carboxylic acids is 2. The van der Waals surface area contributed by atoms with E-state index in [0.29, 0.717) is 16.1 Å². The first-order valence-electron chi connectivity index (χ1n) is 9.16. The van der Waals surface area contributed by atoms with Gasteiger partial charge in [-0.05, 0) is 41.5 Å². The summed E-state index contributed by atoms with van der Waals surface area (Å²) < 4.78 is 5.27. The van der Waals surface area contributed by atoms with Crippen LogP contribution in [0.4, 0.5) is 5.00 Å². The summed E-state index contributed by atoms with van der Waals surface area (Å²) in [5, 5.41) is 7.36. The molecule has 0 radical (unpaired) electrons. The molecule has 0 fully saturated rings. The summed E-state index contributed by atoms with van der Waals surface area (Å²) in [4.78, 5) is 29.3.